The van der Waals surface area contributed by atoms with Gasteiger partial charge in [0.2, 0.25) is 5.91 Å². The Bertz CT molecular complexity index is 447. The number of halogens is 1. The quantitative estimate of drug-likeness (QED) is 0.824. The van der Waals surface area contributed by atoms with Crippen LogP contribution in [-0.4, -0.2) is 17.0 Å². The third-order valence-electron chi connectivity index (χ3n) is 2.68. The van der Waals surface area contributed by atoms with Crippen LogP contribution in [0.2, 0.25) is 5.02 Å². The van der Waals surface area contributed by atoms with Crippen molar-refractivity contribution in [2.45, 2.75) is 12.5 Å². The van der Waals surface area contributed by atoms with Gasteiger partial charge in [-0.1, -0.05) is 29.8 Å². The zero-order valence-corrected chi connectivity index (χ0v) is 9.07. The number of carboxylic acid groups (broad SMARTS) is 1. The maximum absolute atomic E-state index is 11.2. The number of nitrogens with one attached hydrogen (secondary N) is 1. The van der Waals surface area contributed by atoms with Crippen molar-refractivity contribution in [3.8, 4) is 0 Å². The topological polar surface area (TPSA) is 66.4 Å². The Balaban J connectivity index is 2.36. The normalized spacial score (nSPS) is 24.2. The van der Waals surface area contributed by atoms with Gasteiger partial charge < -0.3 is 10.4 Å². The molecule has 16 heavy (non-hydrogen) atoms. The molecule has 1 aliphatic heterocycles. The van der Waals surface area contributed by atoms with Crippen LogP contribution in [0.4, 0.5) is 0 Å². The molecule has 0 aromatic heterocycles. The van der Waals surface area contributed by atoms with Crippen molar-refractivity contribution >= 4 is 23.5 Å². The molecular weight excluding hydrogens is 230 g/mol. The summed E-state index contributed by atoms with van der Waals surface area (Å²) in [5.41, 5.74) is 0.655. The van der Waals surface area contributed by atoms with Crippen LogP contribution in [0.1, 0.15) is 18.0 Å². The first-order valence-electron chi connectivity index (χ1n) is 4.86. The number of hydrogen-bond donors (Lipinski definition) is 2. The van der Waals surface area contributed by atoms with E-state index >= 15 is 0 Å². The van der Waals surface area contributed by atoms with Gasteiger partial charge in [0, 0.05) is 11.4 Å². The maximum atomic E-state index is 11.2. The number of rotatable bonds is 2. The Labute approximate surface area is 97.2 Å². The van der Waals surface area contributed by atoms with Crippen molar-refractivity contribution in [2.24, 2.45) is 5.92 Å². The first-order chi connectivity index (χ1) is 7.59. The van der Waals surface area contributed by atoms with Crippen LogP contribution in [0.15, 0.2) is 24.3 Å². The average molecular weight is 240 g/mol. The van der Waals surface area contributed by atoms with Crippen molar-refractivity contribution in [2.75, 3.05) is 0 Å². The first kappa shape index (κ1) is 11.0. The minimum Gasteiger partial charge on any atom is -0.481 e. The predicted molar refractivity (Wildman–Crippen MR) is 58.1 cm³/mol. The van der Waals surface area contributed by atoms with Gasteiger partial charge in [0.25, 0.3) is 0 Å². The van der Waals surface area contributed by atoms with Crippen molar-refractivity contribution < 1.29 is 14.7 Å². The van der Waals surface area contributed by atoms with Crippen molar-refractivity contribution in [3.63, 3.8) is 0 Å². The lowest BCUT2D eigenvalue weighted by Gasteiger charge is -2.16. The van der Waals surface area contributed by atoms with E-state index < -0.39 is 17.9 Å². The third kappa shape index (κ3) is 1.88. The van der Waals surface area contributed by atoms with Gasteiger partial charge in [0.15, 0.2) is 0 Å². The number of benzene rings is 1. The van der Waals surface area contributed by atoms with Crippen LogP contribution >= 0.6 is 11.6 Å². The van der Waals surface area contributed by atoms with E-state index in [0.717, 1.165) is 0 Å². The summed E-state index contributed by atoms with van der Waals surface area (Å²) in [5, 5.41) is 12.1. The molecular formula is C11H10ClNO3. The summed E-state index contributed by atoms with van der Waals surface area (Å²) in [5.74, 6) is -1.98. The molecule has 0 unspecified atom stereocenters. The molecule has 0 aliphatic carbocycles. The molecule has 1 saturated heterocycles. The summed E-state index contributed by atoms with van der Waals surface area (Å²) in [7, 11) is 0. The summed E-state index contributed by atoms with van der Waals surface area (Å²) in [6.45, 7) is 0. The van der Waals surface area contributed by atoms with Gasteiger partial charge in [-0.05, 0) is 11.6 Å². The standard InChI is InChI=1S/C11H10ClNO3/c12-8-4-2-1-3-6(8)10-7(11(15)16)5-9(14)13-10/h1-4,7,10H,5H2,(H,13,14)(H,15,16)/t7-,10+/m1/s1. The van der Waals surface area contributed by atoms with Crippen molar-refractivity contribution in [1.29, 1.82) is 0 Å². The second-order valence-corrected chi connectivity index (χ2v) is 4.12. The van der Waals surface area contributed by atoms with E-state index in [2.05, 4.69) is 5.32 Å². The molecule has 5 heteroatoms. The van der Waals surface area contributed by atoms with Crippen LogP contribution in [0.3, 0.4) is 0 Å². The minimum absolute atomic E-state index is 0.00518. The number of hydrogen-bond acceptors (Lipinski definition) is 2. The van der Waals surface area contributed by atoms with Gasteiger partial charge in [-0.15, -0.1) is 0 Å². The molecule has 4 nitrogen and oxygen atoms in total. The summed E-state index contributed by atoms with van der Waals surface area (Å²) in [4.78, 5) is 22.2. The van der Waals surface area contributed by atoms with Crippen LogP contribution < -0.4 is 5.32 Å². The molecule has 1 aromatic carbocycles. The van der Waals surface area contributed by atoms with Gasteiger partial charge in [-0.25, -0.2) is 0 Å². The predicted octanol–water partition coefficient (Wildman–Crippen LogP) is 1.60. The molecule has 1 aliphatic rings. The smallest absolute Gasteiger partial charge is 0.309 e. The molecule has 0 spiro atoms. The molecule has 0 bridgehead atoms. The van der Waals surface area contributed by atoms with E-state index in [1.54, 1.807) is 24.3 Å². The minimum atomic E-state index is -0.983. The Morgan fingerprint density at radius 2 is 2.12 bits per heavy atom. The molecule has 1 fully saturated rings. The number of carboxylic acids is 1. The number of amides is 1. The van der Waals surface area contributed by atoms with E-state index in [-0.39, 0.29) is 12.3 Å². The third-order valence-corrected chi connectivity index (χ3v) is 3.03. The Hall–Kier alpha value is -1.55. The lowest BCUT2D eigenvalue weighted by molar-refractivity contribution is -0.142. The second-order valence-electron chi connectivity index (χ2n) is 3.72. The van der Waals surface area contributed by atoms with Crippen molar-refractivity contribution in [3.05, 3.63) is 34.9 Å². The molecule has 2 atom stereocenters. The van der Waals surface area contributed by atoms with E-state index in [1.807, 2.05) is 0 Å². The summed E-state index contributed by atoms with van der Waals surface area (Å²) in [6, 6.07) is 6.41. The zero-order valence-electron chi connectivity index (χ0n) is 8.31. The summed E-state index contributed by atoms with van der Waals surface area (Å²) in [6.07, 6.45) is 0.00518. The molecule has 0 saturated carbocycles. The number of aliphatic carboxylic acids is 1. The highest BCUT2D eigenvalue weighted by Crippen LogP contribution is 2.34. The van der Waals surface area contributed by atoms with E-state index in [4.69, 9.17) is 16.7 Å². The SMILES string of the molecule is O=C1C[C@@H](C(=O)O)[C@H](c2ccccc2Cl)N1. The van der Waals surface area contributed by atoms with E-state index in [1.165, 1.54) is 0 Å². The Morgan fingerprint density at radius 3 is 2.75 bits per heavy atom. The summed E-state index contributed by atoms with van der Waals surface area (Å²) < 4.78 is 0. The van der Waals surface area contributed by atoms with Gasteiger partial charge in [-0.3, -0.25) is 9.59 Å². The van der Waals surface area contributed by atoms with Crippen LogP contribution in [-0.2, 0) is 9.59 Å². The molecule has 1 amide bonds. The highest BCUT2D eigenvalue weighted by molar-refractivity contribution is 6.31. The van der Waals surface area contributed by atoms with Gasteiger partial charge in [0.05, 0.1) is 12.0 Å². The Morgan fingerprint density at radius 1 is 1.44 bits per heavy atom. The van der Waals surface area contributed by atoms with Gasteiger partial charge in [-0.2, -0.15) is 0 Å². The van der Waals surface area contributed by atoms with Crippen LogP contribution in [0.25, 0.3) is 0 Å². The Kier molecular flexibility index (Phi) is 2.83. The molecule has 2 N–H and O–H groups in total. The van der Waals surface area contributed by atoms with E-state index in [9.17, 15) is 9.59 Å². The average Bonchev–Trinajstić information content (AvgIpc) is 2.61. The number of carbonyl (C=O) groups excluding carboxylic acids is 1. The maximum Gasteiger partial charge on any atom is 0.309 e. The van der Waals surface area contributed by atoms with Gasteiger partial charge in [0.1, 0.15) is 0 Å². The first-order valence-corrected chi connectivity index (χ1v) is 5.24. The van der Waals surface area contributed by atoms with Crippen molar-refractivity contribution in [1.82, 2.24) is 5.32 Å². The molecule has 1 heterocycles. The molecule has 2 rings (SSSR count). The van der Waals surface area contributed by atoms with Crippen LogP contribution in [0, 0.1) is 5.92 Å². The lowest BCUT2D eigenvalue weighted by atomic mass is 9.94. The molecule has 84 valence electrons. The zero-order chi connectivity index (χ0) is 11.7. The largest absolute Gasteiger partial charge is 0.481 e. The monoisotopic (exact) mass is 239 g/mol. The second kappa shape index (κ2) is 4.14. The van der Waals surface area contributed by atoms with E-state index in [0.29, 0.717) is 10.6 Å². The highest BCUT2D eigenvalue weighted by atomic mass is 35.5. The summed E-state index contributed by atoms with van der Waals surface area (Å²) >= 11 is 5.98. The molecule has 0 radical (unpaired) electrons. The fraction of sp³-hybridized carbons (Fsp3) is 0.273. The number of carbonyl (C=O) groups is 2. The lowest BCUT2D eigenvalue weighted by Crippen LogP contribution is -2.24. The van der Waals surface area contributed by atoms with Crippen LogP contribution in [0.5, 0.6) is 0 Å². The van der Waals surface area contributed by atoms with Gasteiger partial charge >= 0.3 is 5.97 Å². The molecule has 1 aromatic rings. The fourth-order valence-corrected chi connectivity index (χ4v) is 2.16. The fourth-order valence-electron chi connectivity index (χ4n) is 1.90. The highest BCUT2D eigenvalue weighted by Gasteiger charge is 2.39.